The van der Waals surface area contributed by atoms with Crippen LogP contribution in [0.25, 0.3) is 0 Å². The van der Waals surface area contributed by atoms with Crippen molar-refractivity contribution in [2.75, 3.05) is 0 Å². The number of rotatable bonds is 3. The van der Waals surface area contributed by atoms with Gasteiger partial charge in [-0.3, -0.25) is 0 Å². The first-order chi connectivity index (χ1) is 6.54. The molecular weight excluding hydrogens is 250 g/mol. The molecule has 0 aliphatic heterocycles. The number of halogens is 1. The Kier molecular flexibility index (Phi) is 6.11. The summed E-state index contributed by atoms with van der Waals surface area (Å²) in [6.07, 6.45) is 6.90. The maximum absolute atomic E-state index is 2.26. The van der Waals surface area contributed by atoms with Crippen LogP contribution >= 0.6 is 0 Å². The Hall–Kier alpha value is -0.370. The third-order valence-corrected chi connectivity index (χ3v) is 2.53. The fraction of sp³-hybridized carbons (Fsp3) is 0.615. The summed E-state index contributed by atoms with van der Waals surface area (Å²) in [7, 11) is 0. The van der Waals surface area contributed by atoms with Gasteiger partial charge < -0.3 is 17.0 Å². The molecule has 0 fully saturated rings. The van der Waals surface area contributed by atoms with Crippen LogP contribution in [-0.4, -0.2) is 0 Å². The van der Waals surface area contributed by atoms with Crippen molar-refractivity contribution < 1.29 is 21.5 Å². The SMILES string of the molecule is CCCC[n+]1ccc(C(C)(C)C)cc1.[Br-]. The molecule has 0 aromatic carbocycles. The summed E-state index contributed by atoms with van der Waals surface area (Å²) >= 11 is 0. The lowest BCUT2D eigenvalue weighted by molar-refractivity contribution is -0.697. The van der Waals surface area contributed by atoms with Crippen LogP contribution in [0.5, 0.6) is 0 Å². The molecule has 15 heavy (non-hydrogen) atoms. The second-order valence-electron chi connectivity index (χ2n) is 4.93. The molecular formula is C13H22BrN. The highest BCUT2D eigenvalue weighted by atomic mass is 79.9. The average molecular weight is 272 g/mol. The topological polar surface area (TPSA) is 3.88 Å². The summed E-state index contributed by atoms with van der Waals surface area (Å²) in [5.74, 6) is 0. The van der Waals surface area contributed by atoms with Crippen LogP contribution in [0, 0.1) is 0 Å². The largest absolute Gasteiger partial charge is 1.00 e. The first-order valence-corrected chi connectivity index (χ1v) is 5.53. The minimum Gasteiger partial charge on any atom is -1.00 e. The minimum atomic E-state index is 0. The third kappa shape index (κ3) is 4.78. The molecule has 1 heterocycles. The molecule has 1 aromatic heterocycles. The van der Waals surface area contributed by atoms with Gasteiger partial charge in [0.25, 0.3) is 0 Å². The molecule has 0 aliphatic carbocycles. The van der Waals surface area contributed by atoms with Gasteiger partial charge in [-0.1, -0.05) is 34.1 Å². The Labute approximate surface area is 104 Å². The fourth-order valence-electron chi connectivity index (χ4n) is 1.45. The van der Waals surface area contributed by atoms with Crippen LogP contribution < -0.4 is 21.5 Å². The zero-order valence-corrected chi connectivity index (χ0v) is 11.8. The van der Waals surface area contributed by atoms with Crippen molar-refractivity contribution in [3.8, 4) is 0 Å². The molecule has 1 aromatic rings. The van der Waals surface area contributed by atoms with Gasteiger partial charge in [0.1, 0.15) is 6.54 Å². The van der Waals surface area contributed by atoms with Crippen LogP contribution in [0.15, 0.2) is 24.5 Å². The van der Waals surface area contributed by atoms with E-state index in [4.69, 9.17) is 0 Å². The summed E-state index contributed by atoms with van der Waals surface area (Å²) in [6.45, 7) is 10.1. The number of unbranched alkanes of at least 4 members (excludes halogenated alkanes) is 1. The second kappa shape index (κ2) is 6.26. The second-order valence-corrected chi connectivity index (χ2v) is 4.93. The quantitative estimate of drug-likeness (QED) is 0.686. The average Bonchev–Trinajstić information content (AvgIpc) is 2.14. The molecule has 0 amide bonds. The van der Waals surface area contributed by atoms with Crippen LogP contribution in [0.2, 0.25) is 0 Å². The van der Waals surface area contributed by atoms with E-state index in [1.54, 1.807) is 0 Å². The van der Waals surface area contributed by atoms with Gasteiger partial charge in [0.15, 0.2) is 12.4 Å². The van der Waals surface area contributed by atoms with Crippen molar-refractivity contribution in [3.63, 3.8) is 0 Å². The molecule has 0 aliphatic rings. The van der Waals surface area contributed by atoms with E-state index in [2.05, 4.69) is 56.8 Å². The van der Waals surface area contributed by atoms with Gasteiger partial charge in [0.2, 0.25) is 0 Å². The lowest BCUT2D eigenvalue weighted by atomic mass is 9.88. The first kappa shape index (κ1) is 14.6. The van der Waals surface area contributed by atoms with Gasteiger partial charge in [-0.05, 0) is 11.0 Å². The molecule has 1 rings (SSSR count). The Bertz CT molecular complexity index is 272. The smallest absolute Gasteiger partial charge is 0.169 e. The minimum absolute atomic E-state index is 0. The number of hydrogen-bond donors (Lipinski definition) is 0. The molecule has 86 valence electrons. The van der Waals surface area contributed by atoms with Gasteiger partial charge in [0.05, 0.1) is 0 Å². The van der Waals surface area contributed by atoms with Crippen LogP contribution in [0.3, 0.4) is 0 Å². The lowest BCUT2D eigenvalue weighted by Gasteiger charge is -2.17. The maximum atomic E-state index is 2.26. The van der Waals surface area contributed by atoms with E-state index >= 15 is 0 Å². The van der Waals surface area contributed by atoms with Crippen molar-refractivity contribution in [1.82, 2.24) is 0 Å². The number of pyridine rings is 1. The number of nitrogens with zero attached hydrogens (tertiary/aromatic N) is 1. The maximum Gasteiger partial charge on any atom is 0.169 e. The van der Waals surface area contributed by atoms with Crippen LogP contribution in [0.1, 0.15) is 46.1 Å². The van der Waals surface area contributed by atoms with Crippen LogP contribution in [-0.2, 0) is 12.0 Å². The lowest BCUT2D eigenvalue weighted by Crippen LogP contribution is -3.00. The van der Waals surface area contributed by atoms with Crippen molar-refractivity contribution >= 4 is 0 Å². The molecule has 0 saturated heterocycles. The van der Waals surface area contributed by atoms with E-state index in [0.717, 1.165) is 6.54 Å². The van der Waals surface area contributed by atoms with Gasteiger partial charge in [0, 0.05) is 18.6 Å². The van der Waals surface area contributed by atoms with Crippen LogP contribution in [0.4, 0.5) is 0 Å². The monoisotopic (exact) mass is 271 g/mol. The zero-order chi connectivity index (χ0) is 10.6. The Morgan fingerprint density at radius 2 is 1.67 bits per heavy atom. The van der Waals surface area contributed by atoms with E-state index in [1.807, 2.05) is 0 Å². The van der Waals surface area contributed by atoms with Gasteiger partial charge >= 0.3 is 0 Å². The Balaban J connectivity index is 0.00000196. The van der Waals surface area contributed by atoms with E-state index in [1.165, 1.54) is 18.4 Å². The molecule has 0 atom stereocenters. The van der Waals surface area contributed by atoms with Crippen molar-refractivity contribution in [2.45, 2.75) is 52.5 Å². The third-order valence-electron chi connectivity index (χ3n) is 2.53. The molecule has 0 saturated carbocycles. The van der Waals surface area contributed by atoms with Gasteiger partial charge in [-0.2, -0.15) is 0 Å². The number of hydrogen-bond acceptors (Lipinski definition) is 0. The van der Waals surface area contributed by atoms with Gasteiger partial charge in [-0.25, -0.2) is 4.57 Å². The fourth-order valence-corrected chi connectivity index (χ4v) is 1.45. The molecule has 0 N–H and O–H groups in total. The Morgan fingerprint density at radius 3 is 2.07 bits per heavy atom. The van der Waals surface area contributed by atoms with E-state index < -0.39 is 0 Å². The molecule has 1 nitrogen and oxygen atoms in total. The predicted octanol–water partition coefficient (Wildman–Crippen LogP) is 0.0757. The molecule has 0 unspecified atom stereocenters. The van der Waals surface area contributed by atoms with E-state index in [0.29, 0.717) is 0 Å². The summed E-state index contributed by atoms with van der Waals surface area (Å²) < 4.78 is 2.26. The molecule has 0 radical (unpaired) electrons. The highest BCUT2D eigenvalue weighted by Crippen LogP contribution is 2.20. The number of aryl methyl sites for hydroxylation is 1. The molecule has 2 heteroatoms. The van der Waals surface area contributed by atoms with Crippen molar-refractivity contribution in [3.05, 3.63) is 30.1 Å². The van der Waals surface area contributed by atoms with E-state index in [9.17, 15) is 0 Å². The summed E-state index contributed by atoms with van der Waals surface area (Å²) in [5.41, 5.74) is 1.68. The van der Waals surface area contributed by atoms with E-state index in [-0.39, 0.29) is 22.4 Å². The molecule has 0 spiro atoms. The first-order valence-electron chi connectivity index (χ1n) is 5.53. The zero-order valence-electron chi connectivity index (χ0n) is 10.3. The molecule has 0 bridgehead atoms. The summed E-state index contributed by atoms with van der Waals surface area (Å²) in [5, 5.41) is 0. The van der Waals surface area contributed by atoms with Crippen molar-refractivity contribution in [1.29, 1.82) is 0 Å². The predicted molar refractivity (Wildman–Crippen MR) is 60.2 cm³/mol. The number of aromatic nitrogens is 1. The highest BCUT2D eigenvalue weighted by Gasteiger charge is 2.14. The standard InChI is InChI=1S/C13H22N.BrH/c1-5-6-9-14-10-7-12(8-11-14)13(2,3)4;/h7-8,10-11H,5-6,9H2,1-4H3;1H/q+1;/p-1. The summed E-state index contributed by atoms with van der Waals surface area (Å²) in [6, 6.07) is 4.46. The normalized spacial score (nSPS) is 10.9. The van der Waals surface area contributed by atoms with Gasteiger partial charge in [-0.15, -0.1) is 0 Å². The highest BCUT2D eigenvalue weighted by molar-refractivity contribution is 5.17. The van der Waals surface area contributed by atoms with Crippen molar-refractivity contribution in [2.24, 2.45) is 0 Å². The Morgan fingerprint density at radius 1 is 1.13 bits per heavy atom. The summed E-state index contributed by atoms with van der Waals surface area (Å²) in [4.78, 5) is 0.